The molecular weight excluding hydrogens is 273 g/mol. The summed E-state index contributed by atoms with van der Waals surface area (Å²) in [6.07, 6.45) is 1.25. The Hall–Kier alpha value is -1.95. The number of carbonyl (C=O) groups is 1. The van der Waals surface area contributed by atoms with Crippen molar-refractivity contribution >= 4 is 17.5 Å². The number of amides is 1. The summed E-state index contributed by atoms with van der Waals surface area (Å²) in [5.74, 6) is -0.307. The number of halogens is 2. The van der Waals surface area contributed by atoms with Crippen LogP contribution in [0, 0.1) is 5.82 Å². The fourth-order valence-electron chi connectivity index (χ4n) is 1.56. The third-order valence-electron chi connectivity index (χ3n) is 2.51. The Labute approximate surface area is 113 Å². The second-order valence-corrected chi connectivity index (χ2v) is 4.40. The molecular formula is C12H11ClFN3O2. The van der Waals surface area contributed by atoms with Gasteiger partial charge in [0.25, 0.3) is 0 Å². The number of carbonyl (C=O) groups excluding carboxylic acids is 1. The molecule has 1 amide bonds. The molecule has 1 atom stereocenters. The molecule has 0 aliphatic carbocycles. The van der Waals surface area contributed by atoms with Crippen molar-refractivity contribution in [2.45, 2.75) is 19.4 Å². The van der Waals surface area contributed by atoms with Crippen molar-refractivity contribution in [3.05, 3.63) is 46.8 Å². The van der Waals surface area contributed by atoms with E-state index in [4.69, 9.17) is 11.6 Å². The number of nitrogens with zero attached hydrogens (tertiary/aromatic N) is 2. The van der Waals surface area contributed by atoms with Gasteiger partial charge < -0.3 is 9.84 Å². The summed E-state index contributed by atoms with van der Waals surface area (Å²) < 4.78 is 17.5. The summed E-state index contributed by atoms with van der Waals surface area (Å²) >= 11 is 5.85. The van der Waals surface area contributed by atoms with Gasteiger partial charge in [-0.1, -0.05) is 22.8 Å². The minimum absolute atomic E-state index is 0.0568. The van der Waals surface area contributed by atoms with Crippen LogP contribution in [0.2, 0.25) is 5.02 Å². The van der Waals surface area contributed by atoms with Crippen molar-refractivity contribution in [3.8, 4) is 0 Å². The molecule has 1 N–H and O–H groups in total. The lowest BCUT2D eigenvalue weighted by atomic mass is 10.1. The average Bonchev–Trinajstić information content (AvgIpc) is 2.86. The highest BCUT2D eigenvalue weighted by Crippen LogP contribution is 2.18. The summed E-state index contributed by atoms with van der Waals surface area (Å²) in [6.45, 7) is 1.73. The van der Waals surface area contributed by atoms with E-state index in [1.807, 2.05) is 0 Å². The Bertz CT molecular complexity index is 574. The van der Waals surface area contributed by atoms with Crippen LogP contribution in [-0.4, -0.2) is 16.0 Å². The van der Waals surface area contributed by atoms with Gasteiger partial charge in [0.15, 0.2) is 5.82 Å². The molecule has 0 saturated carbocycles. The van der Waals surface area contributed by atoms with Crippen LogP contribution in [0.15, 0.2) is 29.1 Å². The Morgan fingerprint density at radius 1 is 1.58 bits per heavy atom. The van der Waals surface area contributed by atoms with Gasteiger partial charge in [0, 0.05) is 5.02 Å². The highest BCUT2D eigenvalue weighted by Gasteiger charge is 2.14. The molecule has 0 unspecified atom stereocenters. The van der Waals surface area contributed by atoms with Gasteiger partial charge in [0.1, 0.15) is 5.82 Å². The summed E-state index contributed by atoms with van der Waals surface area (Å²) in [4.78, 5) is 15.6. The minimum atomic E-state index is -0.436. The average molecular weight is 284 g/mol. The Kier molecular flexibility index (Phi) is 4.11. The van der Waals surface area contributed by atoms with E-state index in [-0.39, 0.29) is 23.4 Å². The van der Waals surface area contributed by atoms with E-state index < -0.39 is 5.82 Å². The summed E-state index contributed by atoms with van der Waals surface area (Å²) in [5, 5.41) is 6.55. The first-order valence-electron chi connectivity index (χ1n) is 5.56. The number of aromatic nitrogens is 2. The van der Waals surface area contributed by atoms with Crippen molar-refractivity contribution in [1.82, 2.24) is 15.5 Å². The van der Waals surface area contributed by atoms with E-state index in [2.05, 4.69) is 20.0 Å². The maximum Gasteiger partial charge on any atom is 0.225 e. The fraction of sp³-hybridized carbons (Fsp3) is 0.250. The second-order valence-electron chi connectivity index (χ2n) is 3.99. The minimum Gasteiger partial charge on any atom is -0.346 e. The van der Waals surface area contributed by atoms with Gasteiger partial charge in [-0.25, -0.2) is 4.39 Å². The predicted molar refractivity (Wildman–Crippen MR) is 66.0 cm³/mol. The van der Waals surface area contributed by atoms with Gasteiger partial charge in [-0.2, -0.15) is 4.98 Å². The standard InChI is InChI=1S/C12H11ClFN3O2/c1-7(12-15-6-19-17-12)16-11(18)4-8-2-3-9(14)5-10(8)13/h2-3,5-7H,4H2,1H3,(H,16,18)/t7-/m0/s1. The first kappa shape index (κ1) is 13.5. The van der Waals surface area contributed by atoms with Gasteiger partial charge in [-0.3, -0.25) is 4.79 Å². The van der Waals surface area contributed by atoms with Crippen LogP contribution in [0.25, 0.3) is 0 Å². The molecule has 0 fully saturated rings. The number of hydrogen-bond acceptors (Lipinski definition) is 4. The quantitative estimate of drug-likeness (QED) is 0.935. The normalized spacial score (nSPS) is 12.2. The molecule has 0 saturated heterocycles. The number of rotatable bonds is 4. The molecule has 2 rings (SSSR count). The summed E-state index contributed by atoms with van der Waals surface area (Å²) in [6, 6.07) is 3.55. The summed E-state index contributed by atoms with van der Waals surface area (Å²) in [7, 11) is 0. The number of hydrogen-bond donors (Lipinski definition) is 1. The molecule has 1 aromatic heterocycles. The largest absolute Gasteiger partial charge is 0.346 e. The zero-order chi connectivity index (χ0) is 13.8. The highest BCUT2D eigenvalue weighted by atomic mass is 35.5. The molecule has 7 heteroatoms. The lowest BCUT2D eigenvalue weighted by Crippen LogP contribution is -2.28. The maximum atomic E-state index is 12.9. The second kappa shape index (κ2) is 5.79. The third-order valence-corrected chi connectivity index (χ3v) is 2.86. The van der Waals surface area contributed by atoms with Crippen molar-refractivity contribution in [2.75, 3.05) is 0 Å². The van der Waals surface area contributed by atoms with Gasteiger partial charge >= 0.3 is 0 Å². The van der Waals surface area contributed by atoms with E-state index in [0.29, 0.717) is 11.4 Å². The van der Waals surface area contributed by atoms with Gasteiger partial charge in [0.2, 0.25) is 12.3 Å². The first-order chi connectivity index (χ1) is 9.06. The van der Waals surface area contributed by atoms with Crippen molar-refractivity contribution < 1.29 is 13.7 Å². The Morgan fingerprint density at radius 2 is 2.37 bits per heavy atom. The van der Waals surface area contributed by atoms with Gasteiger partial charge in [0.05, 0.1) is 12.5 Å². The molecule has 2 aromatic rings. The van der Waals surface area contributed by atoms with Crippen LogP contribution < -0.4 is 5.32 Å². The van der Waals surface area contributed by atoms with Crippen molar-refractivity contribution in [2.24, 2.45) is 0 Å². The Balaban J connectivity index is 1.98. The van der Waals surface area contributed by atoms with Crippen LogP contribution in [-0.2, 0) is 11.2 Å². The molecule has 1 aromatic carbocycles. The molecule has 0 aliphatic heterocycles. The van der Waals surface area contributed by atoms with Crippen molar-refractivity contribution in [1.29, 1.82) is 0 Å². The zero-order valence-electron chi connectivity index (χ0n) is 10.1. The monoisotopic (exact) mass is 283 g/mol. The molecule has 100 valence electrons. The number of nitrogens with one attached hydrogen (secondary N) is 1. The molecule has 0 spiro atoms. The number of benzene rings is 1. The highest BCUT2D eigenvalue weighted by molar-refractivity contribution is 6.31. The molecule has 19 heavy (non-hydrogen) atoms. The predicted octanol–water partition coefficient (Wildman–Crippen LogP) is 2.28. The molecule has 0 bridgehead atoms. The van der Waals surface area contributed by atoms with Crippen LogP contribution >= 0.6 is 11.6 Å². The molecule has 0 radical (unpaired) electrons. The van der Waals surface area contributed by atoms with Crippen LogP contribution in [0.4, 0.5) is 4.39 Å². The molecule has 1 heterocycles. The van der Waals surface area contributed by atoms with Crippen LogP contribution in [0.1, 0.15) is 24.4 Å². The smallest absolute Gasteiger partial charge is 0.225 e. The SMILES string of the molecule is C[C@H](NC(=O)Cc1ccc(F)cc1Cl)c1ncon1. The van der Waals surface area contributed by atoms with E-state index in [0.717, 1.165) is 0 Å². The van der Waals surface area contributed by atoms with E-state index in [1.54, 1.807) is 6.92 Å². The third kappa shape index (κ3) is 3.51. The van der Waals surface area contributed by atoms with E-state index in [9.17, 15) is 9.18 Å². The topological polar surface area (TPSA) is 68.0 Å². The van der Waals surface area contributed by atoms with Gasteiger partial charge in [-0.05, 0) is 24.6 Å². The fourth-order valence-corrected chi connectivity index (χ4v) is 1.80. The van der Waals surface area contributed by atoms with E-state index in [1.165, 1.54) is 24.6 Å². The van der Waals surface area contributed by atoms with Crippen molar-refractivity contribution in [3.63, 3.8) is 0 Å². The van der Waals surface area contributed by atoms with Crippen LogP contribution in [0.5, 0.6) is 0 Å². The van der Waals surface area contributed by atoms with E-state index >= 15 is 0 Å². The summed E-state index contributed by atoms with van der Waals surface area (Å²) in [5.41, 5.74) is 0.556. The maximum absolute atomic E-state index is 12.9. The molecule has 0 aliphatic rings. The van der Waals surface area contributed by atoms with Gasteiger partial charge in [-0.15, -0.1) is 0 Å². The zero-order valence-corrected chi connectivity index (χ0v) is 10.8. The first-order valence-corrected chi connectivity index (χ1v) is 5.93. The van der Waals surface area contributed by atoms with Crippen LogP contribution in [0.3, 0.4) is 0 Å². The Morgan fingerprint density at radius 3 is 3.00 bits per heavy atom. The molecule has 5 nitrogen and oxygen atoms in total. The lowest BCUT2D eigenvalue weighted by Gasteiger charge is -2.10. The lowest BCUT2D eigenvalue weighted by molar-refractivity contribution is -0.121.